The quantitative estimate of drug-likeness (QED) is 0.171. The Kier molecular flexibility index (Phi) is 5.53. The van der Waals surface area contributed by atoms with E-state index >= 15 is 0 Å². The fourth-order valence-electron chi connectivity index (χ4n) is 7.88. The van der Waals surface area contributed by atoms with Gasteiger partial charge in [-0.25, -0.2) is 0 Å². The van der Waals surface area contributed by atoms with Gasteiger partial charge < -0.3 is 13.9 Å². The number of aromatic nitrogens is 1. The Labute approximate surface area is 329 Å². The van der Waals surface area contributed by atoms with E-state index in [1.807, 2.05) is 138 Å². The van der Waals surface area contributed by atoms with Crippen LogP contribution < -0.4 is 4.90 Å². The predicted molar refractivity (Wildman–Crippen MR) is 231 cm³/mol. The Morgan fingerprint density at radius 3 is 1.80 bits per heavy atom. The van der Waals surface area contributed by atoms with Gasteiger partial charge >= 0.3 is 0 Å². The molecule has 9 aromatic carbocycles. The van der Waals surface area contributed by atoms with Crippen molar-refractivity contribution in [1.82, 2.24) is 4.57 Å². The summed E-state index contributed by atoms with van der Waals surface area (Å²) in [6.45, 7) is 0. The first kappa shape index (κ1) is 24.1. The largest absolute Gasteiger partial charge is 0.455 e. The lowest BCUT2D eigenvalue weighted by Crippen LogP contribution is -2.13. The number of fused-ring (bicyclic) bond motifs is 8. The molecule has 258 valence electrons. The molecule has 55 heavy (non-hydrogen) atoms. The van der Waals surface area contributed by atoms with E-state index in [0.717, 1.165) is 32.7 Å². The highest BCUT2D eigenvalue weighted by Crippen LogP contribution is 2.47. The van der Waals surface area contributed by atoms with E-state index < -0.39 is 30.2 Å². The van der Waals surface area contributed by atoms with Gasteiger partial charge in [-0.1, -0.05) is 152 Å². The fraction of sp³-hybridized carbons (Fsp3) is 0. The summed E-state index contributed by atoms with van der Waals surface area (Å²) in [6.07, 6.45) is 0. The summed E-state index contributed by atoms with van der Waals surface area (Å²) in [7, 11) is 0. The van der Waals surface area contributed by atoms with E-state index in [1.54, 1.807) is 24.3 Å². The van der Waals surface area contributed by atoms with Crippen LogP contribution in [0.25, 0.3) is 82.5 Å². The number of nitrogens with zero attached hydrogens (tertiary/aromatic N) is 2. The molecule has 0 radical (unpaired) electrons. The van der Waals surface area contributed by atoms with E-state index in [0.29, 0.717) is 44.2 Å². The van der Waals surface area contributed by atoms with Crippen LogP contribution in [0.5, 0.6) is 0 Å². The van der Waals surface area contributed by atoms with Crippen molar-refractivity contribution in [2.45, 2.75) is 0 Å². The minimum absolute atomic E-state index is 0.0593. The van der Waals surface area contributed by atoms with Crippen molar-refractivity contribution in [2.75, 3.05) is 4.90 Å². The van der Waals surface area contributed by atoms with Crippen molar-refractivity contribution in [1.29, 1.82) is 0 Å². The van der Waals surface area contributed by atoms with Crippen molar-refractivity contribution in [3.05, 3.63) is 206 Å². The third-order valence-corrected chi connectivity index (χ3v) is 10.4. The lowest BCUT2D eigenvalue weighted by atomic mass is 10.00. The number of hydrogen-bond donors (Lipinski definition) is 0. The molecule has 3 nitrogen and oxygen atoms in total. The molecule has 0 spiro atoms. The van der Waals surface area contributed by atoms with E-state index in [4.69, 9.17) is 7.16 Å². The van der Waals surface area contributed by atoms with Crippen LogP contribution in [0, 0.1) is 0 Å². The summed E-state index contributed by atoms with van der Waals surface area (Å²) in [5, 5.41) is 4.81. The van der Waals surface area contributed by atoms with Crippen molar-refractivity contribution in [3.63, 3.8) is 0 Å². The summed E-state index contributed by atoms with van der Waals surface area (Å²) in [5.74, 6) is 0. The second kappa shape index (κ2) is 12.6. The predicted octanol–water partition coefficient (Wildman–Crippen LogP) is 14.6. The van der Waals surface area contributed by atoms with Crippen LogP contribution in [0.2, 0.25) is 0 Å². The third-order valence-electron chi connectivity index (χ3n) is 10.4. The van der Waals surface area contributed by atoms with Gasteiger partial charge in [0.25, 0.3) is 0 Å². The highest BCUT2D eigenvalue weighted by atomic mass is 16.3. The average Bonchev–Trinajstić information content (AvgIpc) is 3.88. The molecule has 0 aliphatic heterocycles. The lowest BCUT2D eigenvalue weighted by Gasteiger charge is -2.29. The molecule has 11 rings (SSSR count). The number of furan rings is 1. The van der Waals surface area contributed by atoms with Crippen LogP contribution in [-0.4, -0.2) is 4.57 Å². The first-order chi connectivity index (χ1) is 30.6. The monoisotopic (exact) mass is 710 g/mol. The number of anilines is 3. The highest BCUT2D eigenvalue weighted by molar-refractivity contribution is 6.20. The van der Waals surface area contributed by atoms with Gasteiger partial charge in [-0.15, -0.1) is 0 Å². The Morgan fingerprint density at radius 2 is 1.05 bits per heavy atom. The van der Waals surface area contributed by atoms with Crippen LogP contribution in [0.1, 0.15) is 11.0 Å². The molecule has 0 bridgehead atoms. The minimum Gasteiger partial charge on any atom is -0.455 e. The molecule has 0 unspecified atom stereocenters. The zero-order valence-corrected chi connectivity index (χ0v) is 29.3. The normalized spacial score (nSPS) is 13.7. The van der Waals surface area contributed by atoms with Gasteiger partial charge in [0.05, 0.1) is 44.4 Å². The van der Waals surface area contributed by atoms with E-state index in [9.17, 15) is 8.22 Å². The molecule has 0 saturated heterocycles. The first-order valence-corrected chi connectivity index (χ1v) is 18.1. The van der Waals surface area contributed by atoms with E-state index in [-0.39, 0.29) is 40.8 Å². The van der Waals surface area contributed by atoms with Gasteiger partial charge in [-0.3, -0.25) is 0 Å². The van der Waals surface area contributed by atoms with Crippen molar-refractivity contribution in [2.24, 2.45) is 0 Å². The SMILES string of the molecule is [2H]c1c([2H])c([2H])c(-n2c3ccccc3c3ccccc32)c(N(c2c([2H])c([2H])c(-c3ccc(-c4ccccc4)cc3)c([2H])c2[2H])c2cccc3oc4c5ccccc5ccc4c23)c1[2H]. The van der Waals surface area contributed by atoms with Gasteiger partial charge in [0.15, 0.2) is 0 Å². The van der Waals surface area contributed by atoms with E-state index in [1.165, 1.54) is 4.90 Å². The zero-order valence-electron chi connectivity index (χ0n) is 37.3. The Morgan fingerprint density at radius 1 is 0.436 bits per heavy atom. The second-order valence-electron chi connectivity index (χ2n) is 13.5. The van der Waals surface area contributed by atoms with Crippen molar-refractivity contribution in [3.8, 4) is 27.9 Å². The molecular formula is C52H34N2O. The van der Waals surface area contributed by atoms with E-state index in [2.05, 4.69) is 0 Å². The molecule has 0 saturated carbocycles. The average molecular weight is 711 g/mol. The Balaban J connectivity index is 1.27. The maximum absolute atomic E-state index is 9.84. The van der Waals surface area contributed by atoms with Crippen LogP contribution in [0.4, 0.5) is 17.1 Å². The molecule has 2 heterocycles. The maximum atomic E-state index is 9.84. The van der Waals surface area contributed by atoms with Crippen molar-refractivity contribution >= 4 is 71.6 Å². The van der Waals surface area contributed by atoms with Gasteiger partial charge in [0, 0.05) is 27.2 Å². The van der Waals surface area contributed by atoms with Crippen LogP contribution in [-0.2, 0) is 0 Å². The molecule has 0 aliphatic carbocycles. The molecule has 0 N–H and O–H groups in total. The molecule has 0 amide bonds. The molecule has 0 fully saturated rings. The lowest BCUT2D eigenvalue weighted by molar-refractivity contribution is 0.672. The van der Waals surface area contributed by atoms with Gasteiger partial charge in [0.2, 0.25) is 0 Å². The Bertz CT molecular complexity index is 3590. The standard InChI is InChI=1S/C52H34N2O/c1-2-13-35(14-3-1)36-25-27-37(28-26-36)38-29-32-40(33-30-38)53(49-23-12-24-50-51(49)44-34-31-39-15-4-5-16-41(39)52(44)55-50)47-21-10-11-22-48(47)54-45-19-8-6-17-42(45)43-18-7-9-20-46(43)54/h1-34H/i10D,11D,21D,22D,29D,30D,32D,33D. The van der Waals surface area contributed by atoms with Crippen molar-refractivity contribution < 1.29 is 15.4 Å². The number of rotatable bonds is 6. The smallest absolute Gasteiger partial charge is 0.143 e. The van der Waals surface area contributed by atoms with Gasteiger partial charge in [-0.05, 0) is 82.1 Å². The summed E-state index contributed by atoms with van der Waals surface area (Å²) in [5.41, 5.74) is 5.11. The van der Waals surface area contributed by atoms with Crippen LogP contribution in [0.3, 0.4) is 0 Å². The van der Waals surface area contributed by atoms with Crippen LogP contribution in [0.15, 0.2) is 210 Å². The first-order valence-electron chi connectivity index (χ1n) is 22.1. The number of hydrogen-bond acceptors (Lipinski definition) is 2. The molecule has 11 aromatic rings. The summed E-state index contributed by atoms with van der Waals surface area (Å²) in [6, 6.07) is 46.5. The summed E-state index contributed by atoms with van der Waals surface area (Å²) in [4.78, 5) is 1.49. The minimum atomic E-state index is -0.523. The summed E-state index contributed by atoms with van der Waals surface area (Å²) < 4.78 is 85.0. The molecule has 3 heteroatoms. The topological polar surface area (TPSA) is 21.3 Å². The van der Waals surface area contributed by atoms with Crippen LogP contribution >= 0.6 is 0 Å². The molecule has 0 atom stereocenters. The summed E-state index contributed by atoms with van der Waals surface area (Å²) >= 11 is 0. The number of para-hydroxylation sites is 4. The second-order valence-corrected chi connectivity index (χ2v) is 13.5. The fourth-order valence-corrected chi connectivity index (χ4v) is 7.88. The molecule has 0 aliphatic rings. The molecular weight excluding hydrogens is 669 g/mol. The highest BCUT2D eigenvalue weighted by Gasteiger charge is 2.24. The maximum Gasteiger partial charge on any atom is 0.143 e. The Hall–Kier alpha value is -7.36. The zero-order chi connectivity index (χ0) is 43.3. The third kappa shape index (κ3) is 5.05. The number of benzene rings is 9. The van der Waals surface area contributed by atoms with Gasteiger partial charge in [-0.2, -0.15) is 0 Å². The molecule has 2 aromatic heterocycles. The van der Waals surface area contributed by atoms with Gasteiger partial charge in [0.1, 0.15) is 11.2 Å².